The molecule has 2 nitrogen and oxygen atoms in total. The predicted molar refractivity (Wildman–Crippen MR) is 60.8 cm³/mol. The van der Waals surface area contributed by atoms with E-state index in [0.29, 0.717) is 12.2 Å². The van der Waals surface area contributed by atoms with Crippen LogP contribution in [0.4, 0.5) is 10.1 Å². The lowest BCUT2D eigenvalue weighted by Gasteiger charge is -2.17. The molecule has 1 aromatic carbocycles. The summed E-state index contributed by atoms with van der Waals surface area (Å²) in [5.41, 5.74) is 1.35. The van der Waals surface area contributed by atoms with Crippen molar-refractivity contribution in [1.29, 1.82) is 0 Å². The maximum absolute atomic E-state index is 13.5. The Morgan fingerprint density at radius 3 is 2.87 bits per heavy atom. The molecule has 0 aromatic heterocycles. The van der Waals surface area contributed by atoms with Crippen molar-refractivity contribution in [3.63, 3.8) is 0 Å². The second-order valence-electron chi connectivity index (χ2n) is 3.70. The zero-order chi connectivity index (χ0) is 11.0. The number of hydrogen-bond acceptors (Lipinski definition) is 1. The van der Waals surface area contributed by atoms with E-state index in [0.717, 1.165) is 12.0 Å². The highest BCUT2D eigenvalue weighted by Crippen LogP contribution is 2.28. The Morgan fingerprint density at radius 1 is 1.53 bits per heavy atom. The topological polar surface area (TPSA) is 20.3 Å². The number of aryl methyl sites for hydroxylation is 1. The molecule has 80 valence electrons. The van der Waals surface area contributed by atoms with E-state index in [1.165, 1.54) is 11.0 Å². The molecule has 1 aliphatic heterocycles. The van der Waals surface area contributed by atoms with Gasteiger partial charge in [-0.05, 0) is 31.0 Å². The van der Waals surface area contributed by atoms with Crippen LogP contribution in [-0.4, -0.2) is 17.3 Å². The maximum atomic E-state index is 13.5. The van der Waals surface area contributed by atoms with Gasteiger partial charge in [-0.25, -0.2) is 4.39 Å². The number of carbonyl (C=O) groups excluding carboxylic acids is 1. The van der Waals surface area contributed by atoms with Gasteiger partial charge in [-0.3, -0.25) is 4.79 Å². The molecular weight excluding hydrogens is 261 g/mol. The van der Waals surface area contributed by atoms with E-state index in [1.807, 2.05) is 6.92 Å². The first-order valence-corrected chi connectivity index (χ1v) is 5.73. The number of rotatable bonds is 1. The van der Waals surface area contributed by atoms with Crippen molar-refractivity contribution in [2.75, 3.05) is 11.4 Å². The number of hydrogen-bond donors (Lipinski definition) is 0. The largest absolute Gasteiger partial charge is 0.309 e. The summed E-state index contributed by atoms with van der Waals surface area (Å²) in [6, 6.07) is 4.81. The second kappa shape index (κ2) is 3.93. The molecule has 0 saturated carbocycles. The molecule has 1 aliphatic rings. The first kappa shape index (κ1) is 10.6. The van der Waals surface area contributed by atoms with Gasteiger partial charge in [-0.1, -0.05) is 22.0 Å². The van der Waals surface area contributed by atoms with Crippen LogP contribution in [0, 0.1) is 12.7 Å². The van der Waals surface area contributed by atoms with Crippen LogP contribution in [0.3, 0.4) is 0 Å². The highest BCUT2D eigenvalue weighted by Gasteiger charge is 2.31. The van der Waals surface area contributed by atoms with E-state index >= 15 is 0 Å². The van der Waals surface area contributed by atoms with Crippen molar-refractivity contribution in [2.24, 2.45) is 0 Å². The van der Waals surface area contributed by atoms with E-state index in [2.05, 4.69) is 15.9 Å². The minimum atomic E-state index is -0.337. The Bertz CT molecular complexity index is 408. The van der Waals surface area contributed by atoms with Crippen molar-refractivity contribution < 1.29 is 9.18 Å². The average Bonchev–Trinajstić information content (AvgIpc) is 2.52. The van der Waals surface area contributed by atoms with Crippen molar-refractivity contribution in [2.45, 2.75) is 18.2 Å². The average molecular weight is 272 g/mol. The molecule has 1 saturated heterocycles. The van der Waals surface area contributed by atoms with E-state index in [4.69, 9.17) is 0 Å². The van der Waals surface area contributed by atoms with E-state index in [9.17, 15) is 9.18 Å². The first-order chi connectivity index (χ1) is 7.09. The fourth-order valence-electron chi connectivity index (χ4n) is 1.71. The Morgan fingerprint density at radius 2 is 2.27 bits per heavy atom. The SMILES string of the molecule is Cc1ccc(F)c(N2CCC(Br)C2=O)c1. The Kier molecular flexibility index (Phi) is 2.78. The van der Waals surface area contributed by atoms with Crippen LogP contribution in [0.1, 0.15) is 12.0 Å². The van der Waals surface area contributed by atoms with Gasteiger partial charge in [-0.15, -0.1) is 0 Å². The summed E-state index contributed by atoms with van der Waals surface area (Å²) in [7, 11) is 0. The van der Waals surface area contributed by atoms with Gasteiger partial charge < -0.3 is 4.90 Å². The normalized spacial score (nSPS) is 21.1. The van der Waals surface area contributed by atoms with Crippen molar-refractivity contribution in [3.05, 3.63) is 29.6 Å². The van der Waals surface area contributed by atoms with Crippen LogP contribution in [0.5, 0.6) is 0 Å². The van der Waals surface area contributed by atoms with E-state index in [1.54, 1.807) is 12.1 Å². The smallest absolute Gasteiger partial charge is 0.240 e. The molecule has 1 unspecified atom stereocenters. The zero-order valence-electron chi connectivity index (χ0n) is 8.34. The molecule has 0 aliphatic carbocycles. The summed E-state index contributed by atoms with van der Waals surface area (Å²) < 4.78 is 13.5. The second-order valence-corrected chi connectivity index (χ2v) is 4.81. The van der Waals surface area contributed by atoms with Gasteiger partial charge in [0.15, 0.2) is 0 Å². The molecule has 0 spiro atoms. The highest BCUT2D eigenvalue weighted by atomic mass is 79.9. The van der Waals surface area contributed by atoms with Crippen LogP contribution >= 0.6 is 15.9 Å². The van der Waals surface area contributed by atoms with E-state index < -0.39 is 0 Å². The van der Waals surface area contributed by atoms with Gasteiger partial charge >= 0.3 is 0 Å². The molecule has 1 aromatic rings. The highest BCUT2D eigenvalue weighted by molar-refractivity contribution is 9.10. The van der Waals surface area contributed by atoms with Crippen LogP contribution in [0.15, 0.2) is 18.2 Å². The summed E-state index contributed by atoms with van der Waals surface area (Å²) in [6.07, 6.45) is 0.728. The number of halogens is 2. The number of alkyl halides is 1. The number of nitrogens with zero attached hydrogens (tertiary/aromatic N) is 1. The van der Waals surface area contributed by atoms with Gasteiger partial charge in [0.2, 0.25) is 5.91 Å². The Labute approximate surface area is 96.2 Å². The fraction of sp³-hybridized carbons (Fsp3) is 0.364. The fourth-order valence-corrected chi connectivity index (χ4v) is 2.17. The maximum Gasteiger partial charge on any atom is 0.240 e. The number of amides is 1. The standard InChI is InChI=1S/C11H11BrFNO/c1-7-2-3-9(13)10(6-7)14-5-4-8(12)11(14)15/h2-3,6,8H,4-5H2,1H3. The molecule has 1 amide bonds. The molecule has 1 heterocycles. The van der Waals surface area contributed by atoms with Crippen LogP contribution in [0.2, 0.25) is 0 Å². The molecule has 0 N–H and O–H groups in total. The lowest BCUT2D eigenvalue weighted by atomic mass is 10.2. The van der Waals surface area contributed by atoms with Crippen LogP contribution < -0.4 is 4.90 Å². The molecule has 2 rings (SSSR count). The van der Waals surface area contributed by atoms with Gasteiger partial charge in [0.25, 0.3) is 0 Å². The first-order valence-electron chi connectivity index (χ1n) is 4.81. The van der Waals surface area contributed by atoms with Gasteiger partial charge in [0.1, 0.15) is 5.82 Å². The summed E-state index contributed by atoms with van der Waals surface area (Å²) >= 11 is 3.27. The van der Waals surface area contributed by atoms with Crippen molar-refractivity contribution in [3.8, 4) is 0 Å². The third-order valence-electron chi connectivity index (χ3n) is 2.53. The molecule has 1 fully saturated rings. The summed E-state index contributed by atoms with van der Waals surface area (Å²) in [5, 5.41) is 0. The van der Waals surface area contributed by atoms with E-state index in [-0.39, 0.29) is 16.6 Å². The third kappa shape index (κ3) is 1.91. The van der Waals surface area contributed by atoms with Gasteiger partial charge in [0, 0.05) is 6.54 Å². The van der Waals surface area contributed by atoms with Crippen molar-refractivity contribution >= 4 is 27.5 Å². The number of benzene rings is 1. The molecule has 0 radical (unpaired) electrons. The quantitative estimate of drug-likeness (QED) is 0.720. The molecule has 4 heteroatoms. The molecule has 15 heavy (non-hydrogen) atoms. The van der Waals surface area contributed by atoms with Gasteiger partial charge in [0.05, 0.1) is 10.5 Å². The minimum Gasteiger partial charge on any atom is -0.309 e. The summed E-state index contributed by atoms with van der Waals surface area (Å²) in [5.74, 6) is -0.393. The molecular formula is C11H11BrFNO. The third-order valence-corrected chi connectivity index (χ3v) is 3.38. The number of anilines is 1. The van der Waals surface area contributed by atoms with Crippen LogP contribution in [-0.2, 0) is 4.79 Å². The van der Waals surface area contributed by atoms with Gasteiger partial charge in [-0.2, -0.15) is 0 Å². The lowest BCUT2D eigenvalue weighted by Crippen LogP contribution is -2.27. The summed E-state index contributed by atoms with van der Waals surface area (Å²) in [4.78, 5) is 13.0. The number of carbonyl (C=O) groups is 1. The molecule has 0 bridgehead atoms. The monoisotopic (exact) mass is 271 g/mol. The lowest BCUT2D eigenvalue weighted by molar-refractivity contribution is -0.116. The minimum absolute atomic E-state index is 0.0560. The zero-order valence-corrected chi connectivity index (χ0v) is 9.92. The predicted octanol–water partition coefficient (Wildman–Crippen LogP) is 2.63. The Balaban J connectivity index is 2.37. The van der Waals surface area contributed by atoms with Crippen LogP contribution in [0.25, 0.3) is 0 Å². The summed E-state index contributed by atoms with van der Waals surface area (Å²) in [6.45, 7) is 2.46. The Hall–Kier alpha value is -0.900. The molecule has 1 atom stereocenters. The van der Waals surface area contributed by atoms with Crippen molar-refractivity contribution in [1.82, 2.24) is 0 Å².